The quantitative estimate of drug-likeness (QED) is 0.0677. The smallest absolute Gasteiger partial charge is 0.303 e. The highest BCUT2D eigenvalue weighted by Crippen LogP contribution is 2.31. The minimum absolute atomic E-state index is 0.115. The summed E-state index contributed by atoms with van der Waals surface area (Å²) in [6, 6.07) is 15.4. The maximum absolute atomic E-state index is 12.5. The number of carbonyl (C=O) groups is 4. The maximum Gasteiger partial charge on any atom is 0.303 e. The fraction of sp³-hybridized carbons (Fsp3) is 0.452. The molecule has 1 aliphatic rings. The molecule has 300 valence electrons. The minimum atomic E-state index is -0.835. The van der Waals surface area contributed by atoms with Gasteiger partial charge in [0.2, 0.25) is 5.91 Å². The van der Waals surface area contributed by atoms with Crippen molar-refractivity contribution in [2.24, 2.45) is 11.0 Å². The topological polar surface area (TPSA) is 139 Å². The van der Waals surface area contributed by atoms with Crippen LogP contribution >= 0.6 is 11.6 Å². The van der Waals surface area contributed by atoms with Gasteiger partial charge in [-0.2, -0.15) is 5.10 Å². The van der Waals surface area contributed by atoms with Crippen molar-refractivity contribution in [2.45, 2.75) is 66.4 Å². The third kappa shape index (κ3) is 16.5. The van der Waals surface area contributed by atoms with Gasteiger partial charge in [0, 0.05) is 64.6 Å². The lowest BCUT2D eigenvalue weighted by Gasteiger charge is -2.28. The van der Waals surface area contributed by atoms with Crippen LogP contribution in [0.15, 0.2) is 83.3 Å². The van der Waals surface area contributed by atoms with Crippen molar-refractivity contribution >= 4 is 47.0 Å². The Labute approximate surface area is 331 Å². The summed E-state index contributed by atoms with van der Waals surface area (Å²) in [6.07, 6.45) is 4.08. The molecule has 0 bridgehead atoms. The van der Waals surface area contributed by atoms with E-state index >= 15 is 0 Å². The number of aldehydes is 1. The largest absolute Gasteiger partial charge is 0.502 e. The second kappa shape index (κ2) is 24.5. The Morgan fingerprint density at radius 1 is 1.05 bits per heavy atom. The van der Waals surface area contributed by atoms with Crippen molar-refractivity contribution in [1.29, 1.82) is 0 Å². The monoisotopic (exact) mass is 779 g/mol. The first-order valence-electron chi connectivity index (χ1n) is 18.3. The lowest BCUT2D eigenvalue weighted by Crippen LogP contribution is -2.38. The first-order valence-corrected chi connectivity index (χ1v) is 18.7. The number of nitrogens with zero attached hydrogens (tertiary/aromatic N) is 3. The van der Waals surface area contributed by atoms with Gasteiger partial charge in [-0.15, -0.1) is 0 Å². The minimum Gasteiger partial charge on any atom is -0.502 e. The number of nitrogens with one attached hydrogen (secondary N) is 2. The van der Waals surface area contributed by atoms with E-state index in [0.29, 0.717) is 49.5 Å². The Balaban J connectivity index is 0.00000196. The number of allylic oxidation sites excluding steroid dienone is 4. The van der Waals surface area contributed by atoms with Gasteiger partial charge >= 0.3 is 5.97 Å². The molecule has 0 fully saturated rings. The molecule has 0 aromatic heterocycles. The molecule has 0 radical (unpaired) electrons. The summed E-state index contributed by atoms with van der Waals surface area (Å²) in [5.41, 5.74) is 8.39. The van der Waals surface area contributed by atoms with Gasteiger partial charge in [0.15, 0.2) is 19.0 Å². The second-order valence-electron chi connectivity index (χ2n) is 13.3. The van der Waals surface area contributed by atoms with Gasteiger partial charge in [0.25, 0.3) is 5.91 Å². The highest BCUT2D eigenvalue weighted by atomic mass is 35.5. The molecule has 0 spiro atoms. The molecular formula is C42H58ClN5O7. The summed E-state index contributed by atoms with van der Waals surface area (Å²) in [5.74, 6) is 0.0830. The van der Waals surface area contributed by atoms with Crippen LogP contribution in [-0.4, -0.2) is 99.7 Å². The molecule has 2 unspecified atom stereocenters. The highest BCUT2D eigenvalue weighted by molar-refractivity contribution is 6.32. The maximum atomic E-state index is 12.5. The molecule has 2 aromatic rings. The second-order valence-corrected chi connectivity index (χ2v) is 13.7. The number of likely N-dealkylation sites (N-methyl/N-ethyl adjacent to an activating group) is 2. The Bertz CT molecular complexity index is 1690. The molecule has 0 aliphatic carbocycles. The molecule has 2 aromatic carbocycles. The van der Waals surface area contributed by atoms with E-state index in [-0.39, 0.29) is 24.3 Å². The molecule has 55 heavy (non-hydrogen) atoms. The lowest BCUT2D eigenvalue weighted by molar-refractivity contribution is -0.151. The molecule has 0 saturated carbocycles. The van der Waals surface area contributed by atoms with E-state index in [2.05, 4.69) is 63.1 Å². The summed E-state index contributed by atoms with van der Waals surface area (Å²) in [7, 11) is 5.67. The Morgan fingerprint density at radius 2 is 1.75 bits per heavy atom. The standard InChI is InChI=1S/C38H50ClN5O6.C4H8O/c1-7-26(2)31(36(24-45)50-28(4)46)14-15-32(29-11-9-8-10-12-29)27(3)44(6)22-21-43(5)20-19-40-38(48)25-49-35-17-13-30(23-33(35)39)34-16-18-37(47)42-41-34;1-4(2)5-3/h7-13,17,23-24,31,36H,14-16,18-22,25H2,1-6H3,(H,40,48)(H,42,47);1H2,2-3H3/b26-7+,32-27+;. The molecule has 2 atom stereocenters. The van der Waals surface area contributed by atoms with Crippen molar-refractivity contribution in [2.75, 3.05) is 54.0 Å². The zero-order valence-electron chi connectivity index (χ0n) is 33.6. The Morgan fingerprint density at radius 3 is 2.31 bits per heavy atom. The van der Waals surface area contributed by atoms with Gasteiger partial charge in [-0.3, -0.25) is 19.2 Å². The zero-order chi connectivity index (χ0) is 40.9. The van der Waals surface area contributed by atoms with Crippen LogP contribution in [0.2, 0.25) is 5.02 Å². The molecular weight excluding hydrogens is 722 g/mol. The number of amides is 2. The zero-order valence-corrected chi connectivity index (χ0v) is 34.3. The lowest BCUT2D eigenvalue weighted by atomic mass is 9.86. The molecule has 13 heteroatoms. The number of hydrazone groups is 1. The summed E-state index contributed by atoms with van der Waals surface area (Å²) in [6.45, 7) is 15.0. The van der Waals surface area contributed by atoms with E-state index in [1.165, 1.54) is 6.92 Å². The molecule has 1 heterocycles. The number of benzene rings is 2. The van der Waals surface area contributed by atoms with Crippen molar-refractivity contribution in [1.82, 2.24) is 20.5 Å². The van der Waals surface area contributed by atoms with Crippen LogP contribution in [0, 0.1) is 5.92 Å². The summed E-state index contributed by atoms with van der Waals surface area (Å²) < 4.78 is 15.6. The molecule has 3 rings (SSSR count). The van der Waals surface area contributed by atoms with Crippen LogP contribution in [0.5, 0.6) is 5.75 Å². The van der Waals surface area contributed by atoms with Gasteiger partial charge in [-0.05, 0) is 82.5 Å². The van der Waals surface area contributed by atoms with Crippen LogP contribution < -0.4 is 15.5 Å². The van der Waals surface area contributed by atoms with Crippen molar-refractivity contribution in [3.8, 4) is 5.75 Å². The number of esters is 1. The van der Waals surface area contributed by atoms with Gasteiger partial charge in [0.05, 0.1) is 23.6 Å². The fourth-order valence-corrected chi connectivity index (χ4v) is 5.86. The third-order valence-corrected chi connectivity index (χ3v) is 9.51. The number of methoxy groups -OCH3 is 1. The van der Waals surface area contributed by atoms with Crippen molar-refractivity contribution < 1.29 is 33.4 Å². The summed E-state index contributed by atoms with van der Waals surface area (Å²) in [5, 5.41) is 7.34. The number of rotatable bonds is 20. The number of ether oxygens (including phenoxy) is 3. The van der Waals surface area contributed by atoms with Crippen molar-refractivity contribution in [3.63, 3.8) is 0 Å². The van der Waals surface area contributed by atoms with E-state index in [0.717, 1.165) is 58.8 Å². The highest BCUT2D eigenvalue weighted by Gasteiger charge is 2.26. The predicted molar refractivity (Wildman–Crippen MR) is 219 cm³/mol. The van der Waals surface area contributed by atoms with Crippen LogP contribution in [0.1, 0.15) is 71.4 Å². The SMILES string of the molecule is C/C=C(\C)C(CC/C(=C(/C)N(C)CCN(C)CCNC(=O)COc1ccc(C2=NNC(=O)CC2)cc1Cl)c1ccccc1)C(C=O)OC(C)=O.C=C(C)OC. The van der Waals surface area contributed by atoms with Crippen molar-refractivity contribution in [3.05, 3.63) is 94.4 Å². The van der Waals surface area contributed by atoms with Gasteiger partial charge in [-0.1, -0.05) is 60.2 Å². The number of halogens is 1. The van der Waals surface area contributed by atoms with Crippen LogP contribution in [-0.2, 0) is 28.7 Å². The molecule has 0 saturated heterocycles. The van der Waals surface area contributed by atoms with Crippen LogP contribution in [0.3, 0.4) is 0 Å². The Hall–Kier alpha value is -4.94. The van der Waals surface area contributed by atoms with E-state index in [9.17, 15) is 19.2 Å². The van der Waals surface area contributed by atoms with E-state index < -0.39 is 12.1 Å². The first-order chi connectivity index (χ1) is 26.2. The first kappa shape index (κ1) is 46.2. The number of carbonyl (C=O) groups excluding carboxylic acids is 4. The molecule has 2 N–H and O–H groups in total. The normalized spacial score (nSPS) is 14.2. The molecule has 1 aliphatic heterocycles. The third-order valence-electron chi connectivity index (χ3n) is 9.22. The fourth-order valence-electron chi connectivity index (χ4n) is 5.63. The predicted octanol–water partition coefficient (Wildman–Crippen LogP) is 6.40. The average Bonchev–Trinajstić information content (AvgIpc) is 3.17. The Kier molecular flexibility index (Phi) is 20.6. The van der Waals surface area contributed by atoms with Gasteiger partial charge < -0.3 is 29.3 Å². The average molecular weight is 780 g/mol. The van der Waals surface area contributed by atoms with Gasteiger partial charge in [0.1, 0.15) is 5.75 Å². The molecule has 12 nitrogen and oxygen atoms in total. The van der Waals surface area contributed by atoms with E-state index in [1.54, 1.807) is 32.2 Å². The number of hydrogen-bond acceptors (Lipinski definition) is 10. The van der Waals surface area contributed by atoms with Crippen LogP contribution in [0.25, 0.3) is 5.57 Å². The van der Waals surface area contributed by atoms with E-state index in [4.69, 9.17) is 21.1 Å². The number of hydrogen-bond donors (Lipinski definition) is 2. The van der Waals surface area contributed by atoms with Crippen LogP contribution in [0.4, 0.5) is 0 Å². The summed E-state index contributed by atoms with van der Waals surface area (Å²) in [4.78, 5) is 51.8. The van der Waals surface area contributed by atoms with E-state index in [1.807, 2.05) is 45.2 Å². The van der Waals surface area contributed by atoms with Gasteiger partial charge in [-0.25, -0.2) is 5.43 Å². The molecule has 2 amide bonds. The summed E-state index contributed by atoms with van der Waals surface area (Å²) >= 11 is 6.38.